The molecule has 2 rings (SSSR count). The Kier molecular flexibility index (Phi) is 5.44. The molecular formula is C17H30N2OS. The highest BCUT2D eigenvalue weighted by molar-refractivity contribution is 7.11. The third-order valence-corrected chi connectivity index (χ3v) is 5.98. The molecule has 2 N–H and O–H groups in total. The van der Waals surface area contributed by atoms with Gasteiger partial charge in [-0.2, -0.15) is 0 Å². The van der Waals surface area contributed by atoms with Crippen LogP contribution in [0.4, 0.5) is 0 Å². The summed E-state index contributed by atoms with van der Waals surface area (Å²) >= 11 is 1.77. The summed E-state index contributed by atoms with van der Waals surface area (Å²) in [5.74, 6) is 0.820. The molecule has 0 atom stereocenters. The Morgan fingerprint density at radius 2 is 2.05 bits per heavy atom. The minimum absolute atomic E-state index is 0.125. The summed E-state index contributed by atoms with van der Waals surface area (Å²) in [5, 5.41) is 15.2. The van der Waals surface area contributed by atoms with E-state index in [2.05, 4.69) is 38.0 Å². The van der Waals surface area contributed by atoms with E-state index in [1.165, 1.54) is 29.1 Å². The highest BCUT2D eigenvalue weighted by atomic mass is 32.1. The molecule has 120 valence electrons. The van der Waals surface area contributed by atoms with Crippen LogP contribution in [0.1, 0.15) is 69.7 Å². The zero-order valence-electron chi connectivity index (χ0n) is 13.9. The molecule has 1 aliphatic rings. The first-order valence-corrected chi connectivity index (χ1v) is 9.02. The Bertz CT molecular complexity index is 442. The molecule has 0 amide bonds. The van der Waals surface area contributed by atoms with Gasteiger partial charge in [-0.05, 0) is 31.6 Å². The first kappa shape index (κ1) is 16.9. The predicted molar refractivity (Wildman–Crippen MR) is 89.7 cm³/mol. The third-order valence-electron chi connectivity index (χ3n) is 4.56. The number of nitrogens with zero attached hydrogens (tertiary/aromatic N) is 1. The molecule has 1 aromatic rings. The number of nitrogens with one attached hydrogen (secondary N) is 1. The summed E-state index contributed by atoms with van der Waals surface area (Å²) in [6.45, 7) is 10.3. The Balaban J connectivity index is 1.78. The summed E-state index contributed by atoms with van der Waals surface area (Å²) in [7, 11) is 0. The topological polar surface area (TPSA) is 45.1 Å². The van der Waals surface area contributed by atoms with Crippen LogP contribution in [0.25, 0.3) is 0 Å². The van der Waals surface area contributed by atoms with Crippen LogP contribution in [0.2, 0.25) is 0 Å². The van der Waals surface area contributed by atoms with Gasteiger partial charge in [0.1, 0.15) is 0 Å². The smallest absolute Gasteiger partial charge is 0.0981 e. The number of thiazole rings is 1. The lowest BCUT2D eigenvalue weighted by Crippen LogP contribution is -2.43. The van der Waals surface area contributed by atoms with Crippen molar-refractivity contribution in [1.29, 1.82) is 0 Å². The molecule has 1 heterocycles. The van der Waals surface area contributed by atoms with E-state index in [1.807, 2.05) is 6.20 Å². The summed E-state index contributed by atoms with van der Waals surface area (Å²) < 4.78 is 0. The first-order valence-electron chi connectivity index (χ1n) is 8.21. The second-order valence-corrected chi connectivity index (χ2v) is 8.68. The fourth-order valence-corrected chi connectivity index (χ4v) is 3.89. The number of hydrogen-bond donors (Lipinski definition) is 2. The van der Waals surface area contributed by atoms with Crippen LogP contribution in [0, 0.1) is 5.92 Å². The molecule has 0 aliphatic heterocycles. The van der Waals surface area contributed by atoms with E-state index in [0.29, 0.717) is 6.54 Å². The highest BCUT2D eigenvalue weighted by Crippen LogP contribution is 2.33. The van der Waals surface area contributed by atoms with Crippen LogP contribution in [0.5, 0.6) is 0 Å². The van der Waals surface area contributed by atoms with Crippen molar-refractivity contribution in [2.75, 3.05) is 6.54 Å². The minimum Gasteiger partial charge on any atom is -0.389 e. The summed E-state index contributed by atoms with van der Waals surface area (Å²) in [6.07, 6.45) is 7.44. The van der Waals surface area contributed by atoms with E-state index in [-0.39, 0.29) is 5.41 Å². The molecule has 0 aromatic carbocycles. The van der Waals surface area contributed by atoms with Gasteiger partial charge in [0.05, 0.1) is 10.6 Å². The molecule has 3 nitrogen and oxygen atoms in total. The lowest BCUT2D eigenvalue weighted by Gasteiger charge is -2.36. The SMILES string of the molecule is CCC1CCC(O)(CNCc2cnc(C(C)(C)C)s2)CC1. The molecular weight excluding hydrogens is 280 g/mol. The number of aromatic nitrogens is 1. The van der Waals surface area contributed by atoms with Gasteiger partial charge in [0, 0.05) is 29.6 Å². The van der Waals surface area contributed by atoms with Gasteiger partial charge in [-0.15, -0.1) is 11.3 Å². The normalized spacial score (nSPS) is 27.0. The summed E-state index contributed by atoms with van der Waals surface area (Å²) in [5.41, 5.74) is -0.372. The maximum Gasteiger partial charge on any atom is 0.0981 e. The van der Waals surface area contributed by atoms with Gasteiger partial charge in [0.25, 0.3) is 0 Å². The van der Waals surface area contributed by atoms with Crippen LogP contribution in [-0.2, 0) is 12.0 Å². The standard InChI is InChI=1S/C17H30N2OS/c1-5-13-6-8-17(20,9-7-13)12-18-10-14-11-19-15(21-14)16(2,3)4/h11,13,18,20H,5-10,12H2,1-4H3. The largest absolute Gasteiger partial charge is 0.389 e. The molecule has 1 fully saturated rings. The fourth-order valence-electron chi connectivity index (χ4n) is 2.95. The first-order chi connectivity index (χ1) is 9.82. The molecule has 0 saturated heterocycles. The third kappa shape index (κ3) is 4.76. The molecule has 21 heavy (non-hydrogen) atoms. The van der Waals surface area contributed by atoms with E-state index >= 15 is 0 Å². The predicted octanol–water partition coefficient (Wildman–Crippen LogP) is 3.86. The molecule has 0 radical (unpaired) electrons. The molecule has 0 spiro atoms. The lowest BCUT2D eigenvalue weighted by atomic mass is 9.78. The van der Waals surface area contributed by atoms with Gasteiger partial charge in [0.15, 0.2) is 0 Å². The van der Waals surface area contributed by atoms with Crippen molar-refractivity contribution in [3.63, 3.8) is 0 Å². The fraction of sp³-hybridized carbons (Fsp3) is 0.824. The molecule has 0 bridgehead atoms. The van der Waals surface area contributed by atoms with Crippen LogP contribution in [-0.4, -0.2) is 22.2 Å². The van der Waals surface area contributed by atoms with Crippen molar-refractivity contribution in [1.82, 2.24) is 10.3 Å². The van der Waals surface area contributed by atoms with Crippen LogP contribution in [0.15, 0.2) is 6.20 Å². The highest BCUT2D eigenvalue weighted by Gasteiger charge is 2.32. The number of hydrogen-bond acceptors (Lipinski definition) is 4. The van der Waals surface area contributed by atoms with Crippen molar-refractivity contribution in [2.45, 2.75) is 77.4 Å². The quantitative estimate of drug-likeness (QED) is 0.868. The Hall–Kier alpha value is -0.450. The second kappa shape index (κ2) is 6.76. The van der Waals surface area contributed by atoms with Gasteiger partial charge >= 0.3 is 0 Å². The van der Waals surface area contributed by atoms with Gasteiger partial charge in [-0.25, -0.2) is 4.98 Å². The number of aliphatic hydroxyl groups is 1. The molecule has 0 unspecified atom stereocenters. The molecule has 4 heteroatoms. The Labute approximate surface area is 133 Å². The summed E-state index contributed by atoms with van der Waals surface area (Å²) in [4.78, 5) is 5.76. The second-order valence-electron chi connectivity index (χ2n) is 7.56. The maximum absolute atomic E-state index is 10.6. The zero-order valence-corrected chi connectivity index (χ0v) is 14.7. The Morgan fingerprint density at radius 3 is 2.57 bits per heavy atom. The van der Waals surface area contributed by atoms with Crippen molar-refractivity contribution < 1.29 is 5.11 Å². The van der Waals surface area contributed by atoms with Gasteiger partial charge in [-0.3, -0.25) is 0 Å². The monoisotopic (exact) mass is 310 g/mol. The van der Waals surface area contributed by atoms with Gasteiger partial charge in [-0.1, -0.05) is 34.1 Å². The van der Waals surface area contributed by atoms with Crippen LogP contribution in [0.3, 0.4) is 0 Å². The van der Waals surface area contributed by atoms with Crippen molar-refractivity contribution >= 4 is 11.3 Å². The van der Waals surface area contributed by atoms with E-state index in [0.717, 1.165) is 25.3 Å². The van der Waals surface area contributed by atoms with E-state index < -0.39 is 5.60 Å². The average Bonchev–Trinajstić information content (AvgIpc) is 2.88. The van der Waals surface area contributed by atoms with Gasteiger partial charge in [0.2, 0.25) is 0 Å². The van der Waals surface area contributed by atoms with Crippen LogP contribution < -0.4 is 5.32 Å². The average molecular weight is 311 g/mol. The van der Waals surface area contributed by atoms with Crippen molar-refractivity contribution in [3.8, 4) is 0 Å². The summed E-state index contributed by atoms with van der Waals surface area (Å²) in [6, 6.07) is 0. The van der Waals surface area contributed by atoms with E-state index in [9.17, 15) is 5.11 Å². The minimum atomic E-state index is -0.497. The van der Waals surface area contributed by atoms with Crippen molar-refractivity contribution in [3.05, 3.63) is 16.1 Å². The van der Waals surface area contributed by atoms with Crippen molar-refractivity contribution in [2.24, 2.45) is 5.92 Å². The van der Waals surface area contributed by atoms with E-state index in [4.69, 9.17) is 0 Å². The lowest BCUT2D eigenvalue weighted by molar-refractivity contribution is -0.00877. The van der Waals surface area contributed by atoms with E-state index in [1.54, 1.807) is 11.3 Å². The number of rotatable bonds is 5. The van der Waals surface area contributed by atoms with Crippen LogP contribution >= 0.6 is 11.3 Å². The van der Waals surface area contributed by atoms with Gasteiger partial charge < -0.3 is 10.4 Å². The molecule has 1 aromatic heterocycles. The zero-order chi connectivity index (χ0) is 15.5. The maximum atomic E-state index is 10.6. The molecule has 1 saturated carbocycles. The molecule has 1 aliphatic carbocycles. The Morgan fingerprint density at radius 1 is 1.38 bits per heavy atom.